The van der Waals surface area contributed by atoms with Crippen LogP contribution in [0.15, 0.2) is 30.3 Å². The quantitative estimate of drug-likeness (QED) is 0.926. The lowest BCUT2D eigenvalue weighted by Gasteiger charge is -2.33. The molecule has 3 rings (SSSR count). The van der Waals surface area contributed by atoms with Crippen LogP contribution in [0.3, 0.4) is 0 Å². The highest BCUT2D eigenvalue weighted by atomic mass is 16.2. The third-order valence-corrected chi connectivity index (χ3v) is 4.98. The first-order valence-electron chi connectivity index (χ1n) is 8.36. The van der Waals surface area contributed by atoms with Gasteiger partial charge in [-0.2, -0.15) is 0 Å². The molecule has 1 atom stereocenters. The first-order chi connectivity index (χ1) is 10.3. The van der Waals surface area contributed by atoms with Crippen LogP contribution < -0.4 is 5.32 Å². The molecule has 3 nitrogen and oxygen atoms in total. The van der Waals surface area contributed by atoms with E-state index in [9.17, 15) is 4.79 Å². The second kappa shape index (κ2) is 7.08. The molecular formula is C18H26N2O. The number of rotatable bonds is 3. The van der Waals surface area contributed by atoms with Crippen molar-refractivity contribution in [1.82, 2.24) is 10.2 Å². The molecular weight excluding hydrogens is 260 g/mol. The van der Waals surface area contributed by atoms with Crippen molar-refractivity contribution in [2.75, 3.05) is 26.2 Å². The van der Waals surface area contributed by atoms with Gasteiger partial charge in [0.05, 0.1) is 0 Å². The number of nitrogens with zero attached hydrogens (tertiary/aromatic N) is 1. The number of piperidine rings is 2. The van der Waals surface area contributed by atoms with Crippen molar-refractivity contribution in [2.24, 2.45) is 5.92 Å². The minimum absolute atomic E-state index is 0.371. The van der Waals surface area contributed by atoms with Crippen LogP contribution >= 0.6 is 0 Å². The fourth-order valence-corrected chi connectivity index (χ4v) is 3.66. The van der Waals surface area contributed by atoms with Crippen LogP contribution in [0, 0.1) is 5.92 Å². The van der Waals surface area contributed by atoms with E-state index in [0.717, 1.165) is 45.4 Å². The van der Waals surface area contributed by atoms with E-state index >= 15 is 0 Å². The zero-order valence-corrected chi connectivity index (χ0v) is 12.8. The molecule has 0 aliphatic carbocycles. The number of hydrogen-bond acceptors (Lipinski definition) is 2. The first kappa shape index (κ1) is 14.6. The lowest BCUT2D eigenvalue weighted by molar-refractivity contribution is -0.133. The Hall–Kier alpha value is -1.35. The van der Waals surface area contributed by atoms with Gasteiger partial charge in [-0.1, -0.05) is 30.3 Å². The lowest BCUT2D eigenvalue weighted by Crippen LogP contribution is -2.40. The van der Waals surface area contributed by atoms with E-state index in [-0.39, 0.29) is 0 Å². The summed E-state index contributed by atoms with van der Waals surface area (Å²) in [5.74, 6) is 1.56. The van der Waals surface area contributed by atoms with Crippen molar-refractivity contribution in [3.8, 4) is 0 Å². The van der Waals surface area contributed by atoms with Gasteiger partial charge in [0.15, 0.2) is 0 Å². The minimum Gasteiger partial charge on any atom is -0.343 e. The van der Waals surface area contributed by atoms with E-state index in [2.05, 4.69) is 40.5 Å². The van der Waals surface area contributed by atoms with Crippen molar-refractivity contribution in [3.63, 3.8) is 0 Å². The average Bonchev–Trinajstić information content (AvgIpc) is 2.57. The number of carbonyl (C=O) groups excluding carboxylic acids is 1. The van der Waals surface area contributed by atoms with Gasteiger partial charge in [0.25, 0.3) is 0 Å². The summed E-state index contributed by atoms with van der Waals surface area (Å²) in [4.78, 5) is 14.5. The largest absolute Gasteiger partial charge is 0.343 e. The lowest BCUT2D eigenvalue weighted by atomic mass is 9.89. The van der Waals surface area contributed by atoms with Crippen LogP contribution in [0.4, 0.5) is 0 Å². The summed E-state index contributed by atoms with van der Waals surface area (Å²) < 4.78 is 0. The Bertz CT molecular complexity index is 446. The normalized spacial score (nSPS) is 24.0. The Kier molecular flexibility index (Phi) is 4.91. The summed E-state index contributed by atoms with van der Waals surface area (Å²) in [6, 6.07) is 10.7. The van der Waals surface area contributed by atoms with Gasteiger partial charge in [-0.3, -0.25) is 4.79 Å². The molecule has 2 saturated heterocycles. The molecule has 1 N–H and O–H groups in total. The summed E-state index contributed by atoms with van der Waals surface area (Å²) in [6.45, 7) is 4.00. The van der Waals surface area contributed by atoms with Crippen molar-refractivity contribution < 1.29 is 4.79 Å². The summed E-state index contributed by atoms with van der Waals surface area (Å²) in [6.07, 6.45) is 5.38. The van der Waals surface area contributed by atoms with Crippen molar-refractivity contribution in [2.45, 2.75) is 38.0 Å². The van der Waals surface area contributed by atoms with Gasteiger partial charge >= 0.3 is 0 Å². The maximum Gasteiger partial charge on any atom is 0.222 e. The molecule has 1 unspecified atom stereocenters. The maximum atomic E-state index is 12.4. The first-order valence-corrected chi connectivity index (χ1v) is 8.36. The van der Waals surface area contributed by atoms with E-state index in [1.54, 1.807) is 0 Å². The smallest absolute Gasteiger partial charge is 0.222 e. The molecule has 0 bridgehead atoms. The zero-order chi connectivity index (χ0) is 14.5. The SMILES string of the molecule is O=C(CC1CCCNC1)N1CCC(c2ccccc2)CC1. The highest BCUT2D eigenvalue weighted by Crippen LogP contribution is 2.28. The predicted octanol–water partition coefficient (Wildman–Crippen LogP) is 2.78. The molecule has 3 heteroatoms. The molecule has 114 valence electrons. The molecule has 0 spiro atoms. The van der Waals surface area contributed by atoms with E-state index in [4.69, 9.17) is 0 Å². The maximum absolute atomic E-state index is 12.4. The number of likely N-dealkylation sites (tertiary alicyclic amines) is 1. The Morgan fingerprint density at radius 1 is 1.14 bits per heavy atom. The molecule has 2 heterocycles. The van der Waals surface area contributed by atoms with Crippen molar-refractivity contribution in [1.29, 1.82) is 0 Å². The van der Waals surface area contributed by atoms with E-state index < -0.39 is 0 Å². The Labute approximate surface area is 127 Å². The standard InChI is InChI=1S/C18H26N2O/c21-18(13-15-5-4-10-19-14-15)20-11-8-17(9-12-20)16-6-2-1-3-7-16/h1-3,6-7,15,17,19H,4-5,8-14H2. The van der Waals surface area contributed by atoms with E-state index in [1.807, 2.05) is 0 Å². The second-order valence-electron chi connectivity index (χ2n) is 6.48. The van der Waals surface area contributed by atoms with Crippen LogP contribution in [0.1, 0.15) is 43.6 Å². The second-order valence-corrected chi connectivity index (χ2v) is 6.48. The van der Waals surface area contributed by atoms with Crippen LogP contribution in [0.25, 0.3) is 0 Å². The van der Waals surface area contributed by atoms with Gasteiger partial charge in [0.1, 0.15) is 0 Å². The summed E-state index contributed by atoms with van der Waals surface area (Å²) >= 11 is 0. The number of nitrogens with one attached hydrogen (secondary N) is 1. The van der Waals surface area contributed by atoms with Crippen molar-refractivity contribution in [3.05, 3.63) is 35.9 Å². The molecule has 1 aromatic carbocycles. The third kappa shape index (κ3) is 3.85. The number of hydrogen-bond donors (Lipinski definition) is 1. The topological polar surface area (TPSA) is 32.3 Å². The molecule has 21 heavy (non-hydrogen) atoms. The Balaban J connectivity index is 1.47. The van der Waals surface area contributed by atoms with E-state index in [1.165, 1.54) is 18.4 Å². The van der Waals surface area contributed by atoms with Gasteiger partial charge < -0.3 is 10.2 Å². The van der Waals surface area contributed by atoms with Crippen LogP contribution in [0.2, 0.25) is 0 Å². The van der Waals surface area contributed by atoms with Gasteiger partial charge in [-0.05, 0) is 56.2 Å². The molecule has 2 fully saturated rings. The number of benzene rings is 1. The Morgan fingerprint density at radius 3 is 2.57 bits per heavy atom. The van der Waals surface area contributed by atoms with Gasteiger partial charge in [0.2, 0.25) is 5.91 Å². The van der Waals surface area contributed by atoms with E-state index in [0.29, 0.717) is 17.7 Å². The molecule has 2 aliphatic heterocycles. The van der Waals surface area contributed by atoms with Crippen LogP contribution in [-0.4, -0.2) is 37.0 Å². The van der Waals surface area contributed by atoms with Crippen LogP contribution in [-0.2, 0) is 4.79 Å². The fraction of sp³-hybridized carbons (Fsp3) is 0.611. The summed E-state index contributed by atoms with van der Waals surface area (Å²) in [5.41, 5.74) is 1.43. The van der Waals surface area contributed by atoms with Crippen LogP contribution in [0.5, 0.6) is 0 Å². The molecule has 2 aliphatic rings. The molecule has 0 radical (unpaired) electrons. The summed E-state index contributed by atoms with van der Waals surface area (Å²) in [5, 5.41) is 3.40. The molecule has 0 saturated carbocycles. The molecule has 0 aromatic heterocycles. The number of carbonyl (C=O) groups is 1. The average molecular weight is 286 g/mol. The minimum atomic E-state index is 0.371. The van der Waals surface area contributed by atoms with Gasteiger partial charge in [-0.15, -0.1) is 0 Å². The highest BCUT2D eigenvalue weighted by Gasteiger charge is 2.25. The van der Waals surface area contributed by atoms with Gasteiger partial charge in [-0.25, -0.2) is 0 Å². The fourth-order valence-electron chi connectivity index (χ4n) is 3.66. The monoisotopic (exact) mass is 286 g/mol. The molecule has 1 amide bonds. The third-order valence-electron chi connectivity index (χ3n) is 4.98. The Morgan fingerprint density at radius 2 is 1.90 bits per heavy atom. The highest BCUT2D eigenvalue weighted by molar-refractivity contribution is 5.76. The van der Waals surface area contributed by atoms with Gasteiger partial charge in [0, 0.05) is 19.5 Å². The molecule has 1 aromatic rings. The summed E-state index contributed by atoms with van der Waals surface area (Å²) in [7, 11) is 0. The number of amides is 1. The van der Waals surface area contributed by atoms with Crippen molar-refractivity contribution >= 4 is 5.91 Å². The predicted molar refractivity (Wildman–Crippen MR) is 85.2 cm³/mol. The zero-order valence-electron chi connectivity index (χ0n) is 12.8.